The van der Waals surface area contributed by atoms with Crippen molar-refractivity contribution >= 4 is 30.7 Å². The molecule has 2 aliphatic rings. The minimum atomic E-state index is -1.25. The quantitative estimate of drug-likeness (QED) is 0.121. The Bertz CT molecular complexity index is 1560. The minimum Gasteiger partial charge on any atom is -0.361 e. The molecule has 4 aromatic rings. The van der Waals surface area contributed by atoms with Gasteiger partial charge in [-0.15, -0.1) is 0 Å². The van der Waals surface area contributed by atoms with E-state index in [9.17, 15) is 8.78 Å². The molecule has 0 unspecified atom stereocenters. The highest BCUT2D eigenvalue weighted by molar-refractivity contribution is 6.76. The van der Waals surface area contributed by atoms with Gasteiger partial charge in [0.2, 0.25) is 0 Å². The fraction of sp³-hybridized carbons (Fsp3) is 0.419. The topological polar surface area (TPSA) is 46.4 Å². The Morgan fingerprint density at radius 3 is 2.66 bits per heavy atom. The van der Waals surface area contributed by atoms with Crippen LogP contribution in [0.5, 0.6) is 0 Å². The first-order chi connectivity index (χ1) is 19.6. The number of likely N-dealkylation sites (tertiary alicyclic amines) is 1. The van der Waals surface area contributed by atoms with Crippen LogP contribution in [-0.2, 0) is 36.6 Å². The molecule has 0 saturated carbocycles. The van der Waals surface area contributed by atoms with Gasteiger partial charge >= 0.3 is 0 Å². The highest BCUT2D eigenvalue weighted by Gasteiger charge is 2.49. The van der Waals surface area contributed by atoms with Gasteiger partial charge in [-0.25, -0.2) is 13.8 Å². The highest BCUT2D eigenvalue weighted by Crippen LogP contribution is 2.46. The molecular formula is C31H36ClF2N5OSi. The number of fused-ring (bicyclic) bond motifs is 3. The van der Waals surface area contributed by atoms with Crippen LogP contribution in [0, 0.1) is 11.6 Å². The molecule has 6 rings (SSSR count). The zero-order valence-electron chi connectivity index (χ0n) is 23.8. The maximum atomic E-state index is 14.6. The van der Waals surface area contributed by atoms with Crippen molar-refractivity contribution in [3.05, 3.63) is 94.0 Å². The molecule has 1 atom stereocenters. The molecule has 1 saturated heterocycles. The molecule has 0 bridgehead atoms. The zero-order chi connectivity index (χ0) is 28.8. The largest absolute Gasteiger partial charge is 0.361 e. The summed E-state index contributed by atoms with van der Waals surface area (Å²) in [7, 11) is -1.25. The van der Waals surface area contributed by atoms with Gasteiger partial charge in [-0.05, 0) is 53.4 Å². The third kappa shape index (κ3) is 5.83. The Labute approximate surface area is 245 Å². The van der Waals surface area contributed by atoms with Crippen LogP contribution in [-0.4, -0.2) is 52.1 Å². The van der Waals surface area contributed by atoms with Crippen LogP contribution in [0.2, 0.25) is 30.8 Å². The van der Waals surface area contributed by atoms with Gasteiger partial charge in [-0.3, -0.25) is 14.8 Å². The van der Waals surface area contributed by atoms with Gasteiger partial charge in [-0.1, -0.05) is 43.4 Å². The number of halogens is 3. The van der Waals surface area contributed by atoms with Crippen molar-refractivity contribution in [1.29, 1.82) is 0 Å². The number of hydrogen-bond donors (Lipinski definition) is 0. The third-order valence-corrected chi connectivity index (χ3v) is 10.4. The summed E-state index contributed by atoms with van der Waals surface area (Å²) in [5.74, 6) is -0.749. The van der Waals surface area contributed by atoms with E-state index in [2.05, 4.69) is 45.5 Å². The van der Waals surface area contributed by atoms with Crippen molar-refractivity contribution in [2.45, 2.75) is 64.0 Å². The van der Waals surface area contributed by atoms with Crippen molar-refractivity contribution in [2.24, 2.45) is 0 Å². The number of rotatable bonds is 9. The number of ether oxygens (including phenoxy) is 1. The molecule has 0 aliphatic carbocycles. The molecule has 5 heterocycles. The monoisotopic (exact) mass is 595 g/mol. The number of nitrogens with zero attached hydrogens (tertiary/aromatic N) is 5. The molecule has 216 valence electrons. The second-order valence-corrected chi connectivity index (χ2v) is 18.6. The second kappa shape index (κ2) is 11.2. The molecule has 0 amide bonds. The number of aromatic nitrogens is 3. The Balaban J connectivity index is 1.30. The second-order valence-electron chi connectivity index (χ2n) is 12.6. The Hall–Kier alpha value is -2.69. The van der Waals surface area contributed by atoms with Crippen LogP contribution in [0.4, 0.5) is 8.78 Å². The normalized spacial score (nSPS) is 19.6. The Morgan fingerprint density at radius 2 is 1.88 bits per heavy atom. The van der Waals surface area contributed by atoms with Crippen molar-refractivity contribution in [3.8, 4) is 0 Å². The lowest BCUT2D eigenvalue weighted by Crippen LogP contribution is -2.43. The van der Waals surface area contributed by atoms with E-state index in [4.69, 9.17) is 16.3 Å². The van der Waals surface area contributed by atoms with Gasteiger partial charge in [0.15, 0.2) is 11.0 Å². The average molecular weight is 596 g/mol. The lowest BCUT2D eigenvalue weighted by molar-refractivity contribution is 0.0732. The fourth-order valence-electron chi connectivity index (χ4n) is 6.27. The molecule has 41 heavy (non-hydrogen) atoms. The summed E-state index contributed by atoms with van der Waals surface area (Å²) < 4.78 is 36.3. The standard InChI is InChI=1S/C31H36ClF2N5OSi/c1-41(2,3)13-12-40-21-39-25(14-28-29(39)15-27(34)30(32)36-28)19-38-18-23-16-35-10-8-26(23)31(38)9-11-37(20-31)17-22-4-6-24(33)7-5-22/h4-8,10,14-16H,9,11-13,17-21H2,1-3H3/t31-/m0/s1. The van der Waals surface area contributed by atoms with E-state index in [0.717, 1.165) is 49.9 Å². The summed E-state index contributed by atoms with van der Waals surface area (Å²) >= 11 is 6.08. The molecule has 0 radical (unpaired) electrons. The Morgan fingerprint density at radius 1 is 1.07 bits per heavy atom. The third-order valence-electron chi connectivity index (χ3n) is 8.47. The molecule has 3 aromatic heterocycles. The lowest BCUT2D eigenvalue weighted by atomic mass is 9.89. The van der Waals surface area contributed by atoms with E-state index >= 15 is 0 Å². The fourth-order valence-corrected chi connectivity index (χ4v) is 7.17. The summed E-state index contributed by atoms with van der Waals surface area (Å²) in [6.45, 7) is 12.0. The van der Waals surface area contributed by atoms with Crippen molar-refractivity contribution in [1.82, 2.24) is 24.3 Å². The van der Waals surface area contributed by atoms with Crippen LogP contribution >= 0.6 is 11.6 Å². The maximum Gasteiger partial charge on any atom is 0.165 e. The molecule has 6 nitrogen and oxygen atoms in total. The van der Waals surface area contributed by atoms with Crippen molar-refractivity contribution < 1.29 is 13.5 Å². The number of pyridine rings is 2. The predicted octanol–water partition coefficient (Wildman–Crippen LogP) is 6.79. The van der Waals surface area contributed by atoms with Crippen LogP contribution in [0.1, 0.15) is 28.8 Å². The summed E-state index contributed by atoms with van der Waals surface area (Å²) in [5, 5.41) is -0.121. The maximum absolute atomic E-state index is 14.6. The summed E-state index contributed by atoms with van der Waals surface area (Å²) in [5.41, 5.74) is 5.83. The predicted molar refractivity (Wildman–Crippen MR) is 160 cm³/mol. The molecule has 0 N–H and O–H groups in total. The van der Waals surface area contributed by atoms with E-state index in [1.54, 1.807) is 0 Å². The van der Waals surface area contributed by atoms with Crippen LogP contribution in [0.25, 0.3) is 11.0 Å². The molecule has 1 fully saturated rings. The molecule has 2 aliphatic heterocycles. The van der Waals surface area contributed by atoms with E-state index in [1.165, 1.54) is 29.3 Å². The van der Waals surface area contributed by atoms with Crippen LogP contribution in [0.3, 0.4) is 0 Å². The number of hydrogen-bond acceptors (Lipinski definition) is 5. The van der Waals surface area contributed by atoms with Gasteiger partial charge in [0.05, 0.1) is 16.6 Å². The first-order valence-electron chi connectivity index (χ1n) is 14.2. The molecule has 1 spiro atoms. The smallest absolute Gasteiger partial charge is 0.165 e. The zero-order valence-corrected chi connectivity index (χ0v) is 25.6. The van der Waals surface area contributed by atoms with Gasteiger partial charge in [0.1, 0.15) is 12.5 Å². The van der Waals surface area contributed by atoms with Gasteiger partial charge in [-0.2, -0.15) is 0 Å². The summed E-state index contributed by atoms with van der Waals surface area (Å²) in [6.07, 6.45) is 4.83. The van der Waals surface area contributed by atoms with Crippen LogP contribution in [0.15, 0.2) is 54.9 Å². The van der Waals surface area contributed by atoms with E-state index in [1.807, 2.05) is 35.2 Å². The van der Waals surface area contributed by atoms with Gasteiger partial charge < -0.3 is 9.30 Å². The average Bonchev–Trinajstić information content (AvgIpc) is 3.58. The van der Waals surface area contributed by atoms with E-state index in [-0.39, 0.29) is 16.5 Å². The summed E-state index contributed by atoms with van der Waals surface area (Å²) in [6, 6.07) is 13.5. The van der Waals surface area contributed by atoms with Crippen molar-refractivity contribution in [3.63, 3.8) is 0 Å². The summed E-state index contributed by atoms with van der Waals surface area (Å²) in [4.78, 5) is 13.7. The first kappa shape index (κ1) is 28.4. The Kier molecular flexibility index (Phi) is 7.76. The van der Waals surface area contributed by atoms with E-state index in [0.29, 0.717) is 30.9 Å². The first-order valence-corrected chi connectivity index (χ1v) is 18.3. The minimum absolute atomic E-state index is 0.121. The van der Waals surface area contributed by atoms with Crippen LogP contribution < -0.4 is 0 Å². The molecular weight excluding hydrogens is 560 g/mol. The molecule has 10 heteroatoms. The van der Waals surface area contributed by atoms with E-state index < -0.39 is 13.9 Å². The highest BCUT2D eigenvalue weighted by atomic mass is 35.5. The van der Waals surface area contributed by atoms with Gasteiger partial charge in [0, 0.05) is 71.6 Å². The van der Waals surface area contributed by atoms with Crippen molar-refractivity contribution in [2.75, 3.05) is 19.7 Å². The number of benzene rings is 1. The molecule has 1 aromatic carbocycles. The SMILES string of the molecule is C[Si](C)(C)CCOCn1c(CN2Cc3cnccc3[C@@]23CCN(Cc2ccc(F)cc2)C3)cc2nc(Cl)c(F)cc21. The van der Waals surface area contributed by atoms with Gasteiger partial charge in [0.25, 0.3) is 0 Å². The lowest BCUT2D eigenvalue weighted by Gasteiger charge is -2.36.